The lowest BCUT2D eigenvalue weighted by atomic mass is 10.1. The number of halogens is 1. The largest absolute Gasteiger partial charge is 0.494 e. The summed E-state index contributed by atoms with van der Waals surface area (Å²) in [5.74, 6) is 1.22. The predicted molar refractivity (Wildman–Crippen MR) is 129 cm³/mol. The molecule has 1 fully saturated rings. The molecule has 33 heavy (non-hydrogen) atoms. The molecule has 4 rings (SSSR count). The molecule has 9 nitrogen and oxygen atoms in total. The molecule has 2 heterocycles. The molecule has 2 aromatic rings. The molecule has 0 saturated carbocycles. The van der Waals surface area contributed by atoms with Gasteiger partial charge in [0.15, 0.2) is 0 Å². The molecule has 0 radical (unpaired) electrons. The van der Waals surface area contributed by atoms with Gasteiger partial charge in [0.1, 0.15) is 5.75 Å². The number of guanidine groups is 1. The summed E-state index contributed by atoms with van der Waals surface area (Å²) in [5, 5.41) is 4.31. The number of carbonyl (C=O) groups excluding carboxylic acids is 2. The number of fused-ring (bicyclic) bond motifs is 1. The van der Waals surface area contributed by atoms with Crippen LogP contribution in [0.1, 0.15) is 18.1 Å². The van der Waals surface area contributed by atoms with Gasteiger partial charge in [-0.2, -0.15) is 5.43 Å². The summed E-state index contributed by atoms with van der Waals surface area (Å²) >= 11 is 3.44. The minimum atomic E-state index is -0.718. The number of amidine groups is 1. The molecular weight excluding hydrogens is 488 g/mol. The molecule has 3 amide bonds. The normalized spacial score (nSPS) is 18.2. The standard InChI is InChI=1S/C23H23BrN6O3/c1-4-33-18-11-7-15(8-12-18)13-25-27-22-26-20-19(21(31)29(3)23(32)28(20)2)30(22)14-16-5-9-17(24)10-6-16/h5-13,19H,4,14H2,1-3H3/p+1/b25-13+. The highest BCUT2D eigenvalue weighted by molar-refractivity contribution is 9.10. The lowest BCUT2D eigenvalue weighted by Gasteiger charge is -2.31. The number of nitrogens with one attached hydrogen (secondary N) is 1. The number of hydrazone groups is 1. The zero-order chi connectivity index (χ0) is 23.5. The van der Waals surface area contributed by atoms with Crippen LogP contribution in [0, 0.1) is 0 Å². The summed E-state index contributed by atoms with van der Waals surface area (Å²) in [6, 6.07) is 14.2. The van der Waals surface area contributed by atoms with E-state index in [2.05, 4.69) is 31.4 Å². The van der Waals surface area contributed by atoms with Crippen molar-refractivity contribution >= 4 is 45.9 Å². The van der Waals surface area contributed by atoms with E-state index in [1.807, 2.05) is 60.0 Å². The molecule has 1 atom stereocenters. The number of carbonyl (C=O) groups is 2. The van der Waals surface area contributed by atoms with Crippen molar-refractivity contribution in [2.75, 3.05) is 20.7 Å². The average molecular weight is 512 g/mol. The van der Waals surface area contributed by atoms with E-state index in [-0.39, 0.29) is 5.91 Å². The fourth-order valence-electron chi connectivity index (χ4n) is 3.62. The fourth-order valence-corrected chi connectivity index (χ4v) is 3.89. The third-order valence-electron chi connectivity index (χ3n) is 5.37. The second-order valence-electron chi connectivity index (χ2n) is 7.56. The van der Waals surface area contributed by atoms with E-state index in [9.17, 15) is 9.59 Å². The van der Waals surface area contributed by atoms with E-state index >= 15 is 0 Å². The van der Waals surface area contributed by atoms with E-state index < -0.39 is 12.1 Å². The summed E-state index contributed by atoms with van der Waals surface area (Å²) in [5.41, 5.74) is 4.81. The van der Waals surface area contributed by atoms with Crippen LogP contribution in [-0.2, 0) is 11.3 Å². The van der Waals surface area contributed by atoms with Crippen LogP contribution in [0.25, 0.3) is 0 Å². The Labute approximate surface area is 200 Å². The van der Waals surface area contributed by atoms with Crippen LogP contribution in [0.3, 0.4) is 0 Å². The minimum Gasteiger partial charge on any atom is -0.494 e. The van der Waals surface area contributed by atoms with Gasteiger partial charge in [-0.3, -0.25) is 14.6 Å². The number of ether oxygens (including phenoxy) is 1. The van der Waals surface area contributed by atoms with E-state index in [4.69, 9.17) is 4.74 Å². The number of amides is 3. The van der Waals surface area contributed by atoms with Gasteiger partial charge in [0, 0.05) is 18.6 Å². The Kier molecular flexibility index (Phi) is 6.55. The maximum atomic E-state index is 13.0. The van der Waals surface area contributed by atoms with Crippen LogP contribution in [0.5, 0.6) is 5.75 Å². The van der Waals surface area contributed by atoms with Gasteiger partial charge >= 0.3 is 12.0 Å². The van der Waals surface area contributed by atoms with Crippen LogP contribution in [0.15, 0.2) is 63.1 Å². The van der Waals surface area contributed by atoms with E-state index in [1.165, 1.54) is 11.9 Å². The van der Waals surface area contributed by atoms with E-state index in [1.54, 1.807) is 13.3 Å². The molecule has 1 N–H and O–H groups in total. The smallest absolute Gasteiger partial charge is 0.414 e. The van der Waals surface area contributed by atoms with Crippen molar-refractivity contribution in [1.29, 1.82) is 0 Å². The van der Waals surface area contributed by atoms with E-state index in [0.29, 0.717) is 24.9 Å². The first-order valence-electron chi connectivity index (χ1n) is 10.4. The number of aliphatic imine (C=N–C) groups is 1. The summed E-state index contributed by atoms with van der Waals surface area (Å²) < 4.78 is 8.24. The molecule has 2 aliphatic heterocycles. The number of likely N-dealkylation sites (N-methyl/N-ethyl adjacent to an activating group) is 2. The number of nitrogens with zero attached hydrogens (tertiary/aromatic N) is 5. The van der Waals surface area contributed by atoms with Crippen molar-refractivity contribution in [3.63, 3.8) is 0 Å². The predicted octanol–water partition coefficient (Wildman–Crippen LogP) is 2.64. The maximum Gasteiger partial charge on any atom is 0.414 e. The zero-order valence-corrected chi connectivity index (χ0v) is 20.1. The quantitative estimate of drug-likeness (QED) is 0.366. The number of rotatable bonds is 6. The van der Waals surface area contributed by atoms with Crippen LogP contribution in [-0.4, -0.2) is 71.1 Å². The van der Waals surface area contributed by atoms with Crippen LogP contribution >= 0.6 is 15.9 Å². The topological polar surface area (TPSA) is 89.6 Å². The highest BCUT2D eigenvalue weighted by Gasteiger charge is 2.51. The van der Waals surface area contributed by atoms with Gasteiger partial charge in [-0.25, -0.2) is 9.37 Å². The third-order valence-corrected chi connectivity index (χ3v) is 5.89. The van der Waals surface area contributed by atoms with Crippen molar-refractivity contribution in [3.8, 4) is 5.75 Å². The van der Waals surface area contributed by atoms with E-state index in [0.717, 1.165) is 26.2 Å². The molecule has 1 saturated heterocycles. The maximum absolute atomic E-state index is 13.0. The van der Waals surface area contributed by atoms with Crippen LogP contribution in [0.2, 0.25) is 0 Å². The van der Waals surface area contributed by atoms with Crippen molar-refractivity contribution < 1.29 is 18.9 Å². The number of imide groups is 1. The summed E-state index contributed by atoms with van der Waals surface area (Å²) in [7, 11) is 3.09. The van der Waals surface area contributed by atoms with Gasteiger partial charge in [-0.05, 0) is 54.4 Å². The van der Waals surface area contributed by atoms with Crippen molar-refractivity contribution in [2.45, 2.75) is 19.5 Å². The van der Waals surface area contributed by atoms with Crippen LogP contribution < -0.4 is 10.2 Å². The van der Waals surface area contributed by atoms with Crippen molar-refractivity contribution in [2.24, 2.45) is 10.1 Å². The highest BCUT2D eigenvalue weighted by Crippen LogP contribution is 2.21. The fraction of sp³-hybridized carbons (Fsp3) is 0.261. The summed E-state index contributed by atoms with van der Waals surface area (Å²) in [4.78, 5) is 32.5. The molecule has 0 aliphatic carbocycles. The number of urea groups is 1. The molecule has 170 valence electrons. The molecule has 0 aromatic heterocycles. The van der Waals surface area contributed by atoms with Crippen molar-refractivity contribution in [1.82, 2.24) is 15.2 Å². The Bertz CT molecular complexity index is 1160. The Morgan fingerprint density at radius 2 is 1.82 bits per heavy atom. The SMILES string of the molecule is CCOc1ccc(/C=N/NC2=[N+](Cc3ccc(Br)cc3)C3C(=O)N(C)C(=O)N(C)C3=N2)cc1. The highest BCUT2D eigenvalue weighted by atomic mass is 79.9. The van der Waals surface area contributed by atoms with Crippen LogP contribution in [0.4, 0.5) is 4.79 Å². The number of hydrogen-bond acceptors (Lipinski definition) is 6. The molecule has 10 heteroatoms. The Balaban J connectivity index is 1.62. The number of benzene rings is 2. The van der Waals surface area contributed by atoms with Gasteiger partial charge in [0.25, 0.3) is 5.91 Å². The van der Waals surface area contributed by atoms with Gasteiger partial charge < -0.3 is 4.74 Å². The monoisotopic (exact) mass is 511 g/mol. The Morgan fingerprint density at radius 1 is 1.12 bits per heavy atom. The van der Waals surface area contributed by atoms with Crippen molar-refractivity contribution in [3.05, 3.63) is 64.1 Å². The molecule has 2 aromatic carbocycles. The molecule has 2 aliphatic rings. The summed E-state index contributed by atoms with van der Waals surface area (Å²) in [6.45, 7) is 2.95. The first-order valence-corrected chi connectivity index (χ1v) is 11.2. The molecule has 0 spiro atoms. The second kappa shape index (κ2) is 9.53. The van der Waals surface area contributed by atoms with Gasteiger partial charge in [0.05, 0.1) is 19.4 Å². The lowest BCUT2D eigenvalue weighted by molar-refractivity contribution is -0.553. The number of hydrogen-bond donors (Lipinski definition) is 1. The Morgan fingerprint density at radius 3 is 2.48 bits per heavy atom. The van der Waals surface area contributed by atoms with Gasteiger partial charge in [-0.15, -0.1) is 5.10 Å². The third kappa shape index (κ3) is 4.65. The zero-order valence-electron chi connectivity index (χ0n) is 18.5. The lowest BCUT2D eigenvalue weighted by Crippen LogP contribution is -2.61. The summed E-state index contributed by atoms with van der Waals surface area (Å²) in [6.07, 6.45) is 1.66. The first kappa shape index (κ1) is 22.7. The van der Waals surface area contributed by atoms with Gasteiger partial charge in [0.2, 0.25) is 11.9 Å². The molecular formula is C23H24BrN6O3+. The molecule has 0 bridgehead atoms. The molecule has 1 unspecified atom stereocenters. The second-order valence-corrected chi connectivity index (χ2v) is 8.48. The van der Waals surface area contributed by atoms with Gasteiger partial charge in [-0.1, -0.05) is 33.1 Å². The Hall–Kier alpha value is -3.53. The minimum absolute atomic E-state index is 0.332. The first-order chi connectivity index (χ1) is 15.9. The average Bonchev–Trinajstić information content (AvgIpc) is 3.17.